The first-order valence-electron chi connectivity index (χ1n) is 16.7. The number of rotatable bonds is 23. The Morgan fingerprint density at radius 1 is 0.581 bits per heavy atom. The summed E-state index contributed by atoms with van der Waals surface area (Å²) in [6.45, 7) is 19.2. The number of hydrogen-bond donors (Lipinski definition) is 1. The SMILES string of the molecule is CCCCS(=O)(=O)C(C/C=C(\C)CCC=C(C)CCC=C(C)CCC=C(C)CCC=C(C)C)C(C)=CCC/C(C)=C/CO. The minimum atomic E-state index is -3.20. The molecule has 0 aromatic rings. The average Bonchev–Trinajstić information content (AvgIpc) is 2.92. The van der Waals surface area contributed by atoms with Gasteiger partial charge in [-0.05, 0) is 132 Å². The molecule has 43 heavy (non-hydrogen) atoms. The van der Waals surface area contributed by atoms with Gasteiger partial charge in [-0.15, -0.1) is 0 Å². The lowest BCUT2D eigenvalue weighted by molar-refractivity contribution is 0.341. The summed E-state index contributed by atoms with van der Waals surface area (Å²) in [6, 6.07) is 0. The minimum Gasteiger partial charge on any atom is -0.392 e. The van der Waals surface area contributed by atoms with Crippen molar-refractivity contribution >= 4 is 9.84 Å². The number of sulfone groups is 1. The molecule has 1 atom stereocenters. The maximum atomic E-state index is 13.2. The monoisotopic (exact) mass is 614 g/mol. The van der Waals surface area contributed by atoms with Crippen molar-refractivity contribution in [3.63, 3.8) is 0 Å². The highest BCUT2D eigenvalue weighted by atomic mass is 32.2. The molecule has 1 unspecified atom stereocenters. The van der Waals surface area contributed by atoms with Crippen LogP contribution in [0.4, 0.5) is 0 Å². The number of allylic oxidation sites excluding steroid dienone is 12. The van der Waals surface area contributed by atoms with Crippen LogP contribution in [0, 0.1) is 0 Å². The quantitative estimate of drug-likeness (QED) is 0.116. The molecule has 0 saturated carbocycles. The predicted molar refractivity (Wildman–Crippen MR) is 192 cm³/mol. The first kappa shape index (κ1) is 41.1. The van der Waals surface area contributed by atoms with Gasteiger partial charge in [0.05, 0.1) is 17.6 Å². The van der Waals surface area contributed by atoms with E-state index >= 15 is 0 Å². The first-order valence-corrected chi connectivity index (χ1v) is 18.4. The predicted octanol–water partition coefficient (Wildman–Crippen LogP) is 11.5. The molecule has 0 aromatic heterocycles. The molecule has 0 aliphatic carbocycles. The van der Waals surface area contributed by atoms with Crippen molar-refractivity contribution in [3.05, 3.63) is 81.5 Å². The van der Waals surface area contributed by atoms with Gasteiger partial charge in [-0.3, -0.25) is 0 Å². The lowest BCUT2D eigenvalue weighted by Crippen LogP contribution is -2.25. The van der Waals surface area contributed by atoms with E-state index in [0.29, 0.717) is 12.8 Å². The van der Waals surface area contributed by atoms with Gasteiger partial charge in [0.15, 0.2) is 9.84 Å². The van der Waals surface area contributed by atoms with Crippen LogP contribution in [0.5, 0.6) is 0 Å². The summed E-state index contributed by atoms with van der Waals surface area (Å²) in [5.41, 5.74) is 9.13. The van der Waals surface area contributed by atoms with E-state index in [1.165, 1.54) is 27.9 Å². The Hall–Kier alpha value is -1.91. The fraction of sp³-hybridized carbons (Fsp3) is 0.641. The third-order valence-electron chi connectivity index (χ3n) is 8.03. The molecule has 0 fully saturated rings. The summed E-state index contributed by atoms with van der Waals surface area (Å²) >= 11 is 0. The van der Waals surface area contributed by atoms with Crippen molar-refractivity contribution in [1.29, 1.82) is 0 Å². The van der Waals surface area contributed by atoms with E-state index in [4.69, 9.17) is 5.11 Å². The number of unbranched alkanes of at least 4 members (excludes halogenated alkanes) is 1. The van der Waals surface area contributed by atoms with Gasteiger partial charge >= 0.3 is 0 Å². The molecule has 0 amide bonds. The van der Waals surface area contributed by atoms with Gasteiger partial charge in [-0.1, -0.05) is 94.9 Å². The number of aliphatic hydroxyl groups excluding tert-OH is 1. The van der Waals surface area contributed by atoms with Crippen molar-refractivity contribution in [3.8, 4) is 0 Å². The van der Waals surface area contributed by atoms with Gasteiger partial charge in [0, 0.05) is 0 Å². The standard InChI is InChI=1S/C39H66O3S/c1-10-11-31-43(41,42)39(38(9)26-16-25-37(8)29-30-40)28-27-36(7)24-15-23-35(6)22-14-21-34(5)20-13-19-33(4)18-12-17-32(2)3/h17,19,21,23,26-27,29,39-40H,10-16,18,20,22,24-25,28,30-31H2,1-9H3/b33-19?,34-21?,35-23?,36-27+,37-29+,38-26?. The molecular formula is C39H66O3S. The van der Waals surface area contributed by atoms with Gasteiger partial charge in [-0.25, -0.2) is 8.42 Å². The molecule has 1 N–H and O–H groups in total. The average molecular weight is 615 g/mol. The van der Waals surface area contributed by atoms with Crippen molar-refractivity contribution < 1.29 is 13.5 Å². The molecule has 0 aliphatic heterocycles. The van der Waals surface area contributed by atoms with Crippen LogP contribution in [0.3, 0.4) is 0 Å². The van der Waals surface area contributed by atoms with Gasteiger partial charge in [0.25, 0.3) is 0 Å². The third kappa shape index (κ3) is 22.3. The van der Waals surface area contributed by atoms with E-state index in [1.54, 1.807) is 0 Å². The highest BCUT2D eigenvalue weighted by molar-refractivity contribution is 7.92. The summed E-state index contributed by atoms with van der Waals surface area (Å²) in [4.78, 5) is 0. The second kappa shape index (κ2) is 24.4. The van der Waals surface area contributed by atoms with Gasteiger partial charge in [0.1, 0.15) is 0 Å². The van der Waals surface area contributed by atoms with Crippen molar-refractivity contribution in [2.75, 3.05) is 12.4 Å². The Labute approximate surface area is 267 Å². The highest BCUT2D eigenvalue weighted by Crippen LogP contribution is 2.22. The lowest BCUT2D eigenvalue weighted by Gasteiger charge is -2.18. The Kier molecular flexibility index (Phi) is 23.3. The first-order chi connectivity index (χ1) is 20.3. The Balaban J connectivity index is 4.90. The summed E-state index contributed by atoms with van der Waals surface area (Å²) < 4.78 is 26.4. The van der Waals surface area contributed by atoms with Crippen LogP contribution >= 0.6 is 0 Å². The van der Waals surface area contributed by atoms with Crippen LogP contribution in [0.15, 0.2) is 81.5 Å². The Morgan fingerprint density at radius 3 is 1.40 bits per heavy atom. The zero-order chi connectivity index (χ0) is 32.7. The fourth-order valence-electron chi connectivity index (χ4n) is 4.96. The molecule has 0 aromatic carbocycles. The topological polar surface area (TPSA) is 54.4 Å². The van der Waals surface area contributed by atoms with E-state index in [0.717, 1.165) is 81.8 Å². The maximum Gasteiger partial charge on any atom is 0.157 e. The molecule has 0 heterocycles. The van der Waals surface area contributed by atoms with Gasteiger partial charge in [0.2, 0.25) is 0 Å². The molecule has 0 aliphatic rings. The zero-order valence-corrected chi connectivity index (χ0v) is 30.2. The second-order valence-corrected chi connectivity index (χ2v) is 15.1. The summed E-state index contributed by atoms with van der Waals surface area (Å²) in [5.74, 6) is 0.248. The molecule has 246 valence electrons. The molecule has 4 heteroatoms. The van der Waals surface area contributed by atoms with E-state index in [2.05, 4.69) is 78.0 Å². The van der Waals surface area contributed by atoms with Crippen LogP contribution in [-0.2, 0) is 9.84 Å². The van der Waals surface area contributed by atoms with E-state index < -0.39 is 15.1 Å². The summed E-state index contributed by atoms with van der Waals surface area (Å²) in [7, 11) is -3.20. The molecular weight excluding hydrogens is 548 g/mol. The largest absolute Gasteiger partial charge is 0.392 e. The zero-order valence-electron chi connectivity index (χ0n) is 29.4. The Bertz CT molecular complexity index is 1100. The molecule has 0 rings (SSSR count). The Morgan fingerprint density at radius 2 is 0.977 bits per heavy atom. The molecule has 0 bridgehead atoms. The fourth-order valence-corrected chi connectivity index (χ4v) is 6.99. The van der Waals surface area contributed by atoms with Crippen LogP contribution in [0.25, 0.3) is 0 Å². The second-order valence-electron chi connectivity index (χ2n) is 12.8. The van der Waals surface area contributed by atoms with Crippen molar-refractivity contribution in [1.82, 2.24) is 0 Å². The van der Waals surface area contributed by atoms with Crippen molar-refractivity contribution in [2.24, 2.45) is 0 Å². The van der Waals surface area contributed by atoms with Crippen LogP contribution in [0.2, 0.25) is 0 Å². The minimum absolute atomic E-state index is 0.0492. The lowest BCUT2D eigenvalue weighted by atomic mass is 10.0. The van der Waals surface area contributed by atoms with E-state index in [-0.39, 0.29) is 12.4 Å². The van der Waals surface area contributed by atoms with Gasteiger partial charge < -0.3 is 5.11 Å². The maximum absolute atomic E-state index is 13.2. The highest BCUT2D eigenvalue weighted by Gasteiger charge is 2.25. The third-order valence-corrected chi connectivity index (χ3v) is 10.3. The molecule has 0 radical (unpaired) electrons. The number of aliphatic hydroxyl groups is 1. The summed E-state index contributed by atoms with van der Waals surface area (Å²) in [5, 5.41) is 8.62. The molecule has 3 nitrogen and oxygen atoms in total. The van der Waals surface area contributed by atoms with Gasteiger partial charge in [-0.2, -0.15) is 0 Å². The van der Waals surface area contributed by atoms with E-state index in [1.807, 2.05) is 26.8 Å². The van der Waals surface area contributed by atoms with Crippen LogP contribution in [0.1, 0.15) is 146 Å². The number of hydrogen-bond acceptors (Lipinski definition) is 3. The smallest absolute Gasteiger partial charge is 0.157 e. The normalized spacial score (nSPS) is 15.2. The van der Waals surface area contributed by atoms with E-state index in [9.17, 15) is 8.42 Å². The van der Waals surface area contributed by atoms with Crippen LogP contribution in [-0.4, -0.2) is 31.1 Å². The van der Waals surface area contributed by atoms with Crippen molar-refractivity contribution in [2.45, 2.75) is 151 Å². The molecule has 0 saturated heterocycles. The molecule has 0 spiro atoms. The summed E-state index contributed by atoms with van der Waals surface area (Å²) in [6.07, 6.45) is 28.0. The van der Waals surface area contributed by atoms with Crippen LogP contribution < -0.4 is 0 Å².